The van der Waals surface area contributed by atoms with Gasteiger partial charge in [-0.1, -0.05) is 44.4 Å². The Kier molecular flexibility index (Phi) is 5.79. The van der Waals surface area contributed by atoms with E-state index in [2.05, 4.69) is 12.2 Å². The highest BCUT2D eigenvalue weighted by molar-refractivity contribution is 7.89. The van der Waals surface area contributed by atoms with E-state index in [1.165, 1.54) is 10.7 Å². The molecule has 3 rings (SSSR count). The van der Waals surface area contributed by atoms with E-state index < -0.39 is 16.1 Å². The molecule has 0 spiro atoms. The summed E-state index contributed by atoms with van der Waals surface area (Å²) >= 11 is 0. The Hall–Kier alpha value is -1.40. The summed E-state index contributed by atoms with van der Waals surface area (Å²) in [5.74, 6) is 0.332. The molecule has 0 aromatic heterocycles. The fraction of sp³-hybridized carbons (Fsp3) is 0.632. The van der Waals surface area contributed by atoms with E-state index in [9.17, 15) is 13.2 Å². The number of nitrogens with one attached hydrogen (secondary N) is 1. The van der Waals surface area contributed by atoms with Crippen molar-refractivity contribution in [3.63, 3.8) is 0 Å². The molecule has 3 atom stereocenters. The largest absolute Gasteiger partial charge is 0.352 e. The smallest absolute Gasteiger partial charge is 0.243 e. The minimum absolute atomic E-state index is 0.127. The predicted molar refractivity (Wildman–Crippen MR) is 97.5 cm³/mol. The van der Waals surface area contributed by atoms with E-state index in [1.54, 1.807) is 30.3 Å². The first kappa shape index (κ1) is 18.4. The van der Waals surface area contributed by atoms with Gasteiger partial charge in [0.2, 0.25) is 15.9 Å². The topological polar surface area (TPSA) is 66.5 Å². The molecule has 1 amide bonds. The lowest BCUT2D eigenvalue weighted by Gasteiger charge is -2.36. The Labute approximate surface area is 150 Å². The molecule has 1 aromatic rings. The van der Waals surface area contributed by atoms with Crippen LogP contribution in [0, 0.1) is 5.92 Å². The van der Waals surface area contributed by atoms with Gasteiger partial charge in [-0.05, 0) is 43.7 Å². The summed E-state index contributed by atoms with van der Waals surface area (Å²) in [6.07, 6.45) is 6.75. The fourth-order valence-corrected chi connectivity index (χ4v) is 5.67. The van der Waals surface area contributed by atoms with Crippen LogP contribution in [0.15, 0.2) is 35.2 Å². The van der Waals surface area contributed by atoms with E-state index in [1.807, 2.05) is 0 Å². The molecule has 0 radical (unpaired) electrons. The Bertz CT molecular complexity index is 690. The van der Waals surface area contributed by atoms with Gasteiger partial charge in [-0.3, -0.25) is 4.79 Å². The number of amides is 1. The second-order valence-corrected chi connectivity index (χ2v) is 9.21. The average Bonchev–Trinajstić information content (AvgIpc) is 2.64. The maximum absolute atomic E-state index is 13.0. The fourth-order valence-electron chi connectivity index (χ4n) is 3.99. The Balaban J connectivity index is 1.77. The third kappa shape index (κ3) is 4.06. The minimum Gasteiger partial charge on any atom is -0.352 e. The molecule has 1 aliphatic heterocycles. The van der Waals surface area contributed by atoms with Gasteiger partial charge in [0, 0.05) is 12.6 Å². The minimum atomic E-state index is -3.64. The zero-order valence-electron chi connectivity index (χ0n) is 14.9. The maximum Gasteiger partial charge on any atom is 0.243 e. The summed E-state index contributed by atoms with van der Waals surface area (Å²) in [6.45, 7) is 2.58. The molecule has 3 unspecified atom stereocenters. The van der Waals surface area contributed by atoms with Crippen molar-refractivity contribution in [2.45, 2.75) is 68.8 Å². The van der Waals surface area contributed by atoms with Crippen LogP contribution in [0.3, 0.4) is 0 Å². The lowest BCUT2D eigenvalue weighted by Crippen LogP contribution is -2.54. The van der Waals surface area contributed by atoms with Gasteiger partial charge < -0.3 is 5.32 Å². The van der Waals surface area contributed by atoms with Crippen molar-refractivity contribution in [1.82, 2.24) is 9.62 Å². The molecule has 1 heterocycles. The number of hydrogen-bond acceptors (Lipinski definition) is 3. The molecule has 138 valence electrons. The molecule has 6 heteroatoms. The summed E-state index contributed by atoms with van der Waals surface area (Å²) < 4.78 is 27.4. The van der Waals surface area contributed by atoms with Crippen LogP contribution in [0.4, 0.5) is 0 Å². The molecule has 2 fully saturated rings. The number of carbonyl (C=O) groups excluding carboxylic acids is 1. The van der Waals surface area contributed by atoms with Crippen LogP contribution >= 0.6 is 0 Å². The van der Waals surface area contributed by atoms with E-state index in [-0.39, 0.29) is 16.8 Å². The van der Waals surface area contributed by atoms with Crippen LogP contribution in [-0.4, -0.2) is 37.3 Å². The maximum atomic E-state index is 13.0. The summed E-state index contributed by atoms with van der Waals surface area (Å²) in [5.41, 5.74) is 0. The number of hydrogen-bond donors (Lipinski definition) is 1. The molecular formula is C19H28N2O3S. The van der Waals surface area contributed by atoms with E-state index in [0.29, 0.717) is 18.9 Å². The van der Waals surface area contributed by atoms with E-state index in [0.717, 1.165) is 32.1 Å². The second kappa shape index (κ2) is 7.87. The second-order valence-electron chi connectivity index (χ2n) is 7.32. The summed E-state index contributed by atoms with van der Waals surface area (Å²) in [6, 6.07) is 8.01. The van der Waals surface area contributed by atoms with Crippen molar-refractivity contribution in [2.24, 2.45) is 5.92 Å². The van der Waals surface area contributed by atoms with Crippen LogP contribution in [0.1, 0.15) is 51.9 Å². The third-order valence-electron chi connectivity index (χ3n) is 5.55. The zero-order chi connectivity index (χ0) is 17.9. The monoisotopic (exact) mass is 364 g/mol. The standard InChI is InChI=1S/C19H28N2O3S/c1-15-9-5-6-12-17(15)20-19(22)18-13-7-8-14-21(18)25(23,24)16-10-3-2-4-11-16/h2-4,10-11,15,17-18H,5-9,12-14H2,1H3,(H,20,22). The predicted octanol–water partition coefficient (Wildman–Crippen LogP) is 2.92. The molecule has 5 nitrogen and oxygen atoms in total. The molecule has 1 aromatic carbocycles. The van der Waals surface area contributed by atoms with Crippen LogP contribution < -0.4 is 5.32 Å². The van der Waals surface area contributed by atoms with Crippen LogP contribution in [0.2, 0.25) is 0 Å². The third-order valence-corrected chi connectivity index (χ3v) is 7.47. The molecule has 1 saturated carbocycles. The zero-order valence-corrected chi connectivity index (χ0v) is 15.7. The average molecular weight is 365 g/mol. The van der Waals surface area contributed by atoms with E-state index in [4.69, 9.17) is 0 Å². The highest BCUT2D eigenvalue weighted by atomic mass is 32.2. The van der Waals surface area contributed by atoms with Crippen LogP contribution in [0.5, 0.6) is 0 Å². The van der Waals surface area contributed by atoms with Gasteiger partial charge in [0.1, 0.15) is 6.04 Å². The molecule has 0 bridgehead atoms. The normalized spacial score (nSPS) is 28.4. The van der Waals surface area contributed by atoms with Crippen molar-refractivity contribution in [3.05, 3.63) is 30.3 Å². The number of carbonyl (C=O) groups is 1. The summed E-state index contributed by atoms with van der Waals surface area (Å²) in [4.78, 5) is 13.1. The first-order valence-electron chi connectivity index (χ1n) is 9.37. The number of sulfonamides is 1. The van der Waals surface area contributed by atoms with Gasteiger partial charge in [0.15, 0.2) is 0 Å². The van der Waals surface area contributed by atoms with Crippen molar-refractivity contribution in [2.75, 3.05) is 6.54 Å². The SMILES string of the molecule is CC1CCCCC1NC(=O)C1CCCCN1S(=O)(=O)c1ccccc1. The van der Waals surface area contributed by atoms with Crippen LogP contribution in [0.25, 0.3) is 0 Å². The quantitative estimate of drug-likeness (QED) is 0.893. The van der Waals surface area contributed by atoms with Crippen molar-refractivity contribution in [1.29, 1.82) is 0 Å². The summed E-state index contributed by atoms with van der Waals surface area (Å²) in [5, 5.41) is 3.15. The van der Waals surface area contributed by atoms with Gasteiger partial charge >= 0.3 is 0 Å². The van der Waals surface area contributed by atoms with Gasteiger partial charge in [0.25, 0.3) is 0 Å². The molecular weight excluding hydrogens is 336 g/mol. The summed E-state index contributed by atoms with van der Waals surface area (Å²) in [7, 11) is -3.64. The van der Waals surface area contributed by atoms with Crippen LogP contribution in [-0.2, 0) is 14.8 Å². The van der Waals surface area contributed by atoms with Crippen molar-refractivity contribution < 1.29 is 13.2 Å². The first-order valence-corrected chi connectivity index (χ1v) is 10.8. The number of benzene rings is 1. The Morgan fingerprint density at radius 1 is 1.04 bits per heavy atom. The van der Waals surface area contributed by atoms with E-state index >= 15 is 0 Å². The molecule has 25 heavy (non-hydrogen) atoms. The molecule has 1 saturated heterocycles. The highest BCUT2D eigenvalue weighted by Crippen LogP contribution is 2.27. The van der Waals surface area contributed by atoms with Crippen molar-refractivity contribution >= 4 is 15.9 Å². The number of nitrogens with zero attached hydrogens (tertiary/aromatic N) is 1. The molecule has 2 aliphatic rings. The lowest BCUT2D eigenvalue weighted by atomic mass is 9.85. The number of rotatable bonds is 4. The first-order chi connectivity index (χ1) is 12.0. The van der Waals surface area contributed by atoms with Gasteiger partial charge in [-0.25, -0.2) is 8.42 Å². The van der Waals surface area contributed by atoms with Gasteiger partial charge in [-0.2, -0.15) is 4.31 Å². The Morgan fingerprint density at radius 3 is 2.44 bits per heavy atom. The molecule has 1 N–H and O–H groups in total. The van der Waals surface area contributed by atoms with Gasteiger partial charge in [-0.15, -0.1) is 0 Å². The Morgan fingerprint density at radius 2 is 1.72 bits per heavy atom. The lowest BCUT2D eigenvalue weighted by molar-refractivity contribution is -0.127. The number of piperidine rings is 1. The highest BCUT2D eigenvalue weighted by Gasteiger charge is 2.38. The molecule has 1 aliphatic carbocycles. The van der Waals surface area contributed by atoms with Crippen molar-refractivity contribution in [3.8, 4) is 0 Å². The van der Waals surface area contributed by atoms with Gasteiger partial charge in [0.05, 0.1) is 4.90 Å².